The minimum atomic E-state index is -2.06. The molecular formula is C14H36O4Si4. The van der Waals surface area contributed by atoms with E-state index in [0.717, 1.165) is 6.04 Å². The predicted octanol–water partition coefficient (Wildman–Crippen LogP) is 3.83. The first-order valence-electron chi connectivity index (χ1n) is 9.12. The van der Waals surface area contributed by atoms with Crippen molar-refractivity contribution in [2.45, 2.75) is 90.5 Å². The van der Waals surface area contributed by atoms with Gasteiger partial charge in [-0.05, 0) is 32.2 Å². The SMILES string of the molecule is CCCCCCCCCC[Si]1(C)O[SiH](C)O[SiH](C)O[SiH](C)O1. The number of rotatable bonds is 9. The molecular weight excluding hydrogens is 344 g/mol. The molecule has 0 radical (unpaired) electrons. The second-order valence-electron chi connectivity index (χ2n) is 6.57. The van der Waals surface area contributed by atoms with Gasteiger partial charge in [0.2, 0.25) is 0 Å². The summed E-state index contributed by atoms with van der Waals surface area (Å²) in [6.07, 6.45) is 10.8. The van der Waals surface area contributed by atoms with Crippen LogP contribution in [0.15, 0.2) is 0 Å². The summed E-state index contributed by atoms with van der Waals surface area (Å²) in [6.45, 7) is 10.8. The number of hydrogen-bond donors (Lipinski definition) is 0. The van der Waals surface area contributed by atoms with E-state index in [4.69, 9.17) is 16.5 Å². The van der Waals surface area contributed by atoms with Crippen LogP contribution in [0, 0.1) is 0 Å². The fourth-order valence-electron chi connectivity index (χ4n) is 3.06. The van der Waals surface area contributed by atoms with E-state index in [9.17, 15) is 0 Å². The highest BCUT2D eigenvalue weighted by Crippen LogP contribution is 2.23. The molecule has 0 amide bonds. The van der Waals surface area contributed by atoms with Crippen molar-refractivity contribution in [2.24, 2.45) is 0 Å². The van der Waals surface area contributed by atoms with Crippen molar-refractivity contribution >= 4 is 36.4 Å². The van der Waals surface area contributed by atoms with Gasteiger partial charge in [0.25, 0.3) is 27.9 Å². The van der Waals surface area contributed by atoms with Crippen molar-refractivity contribution in [3.05, 3.63) is 0 Å². The van der Waals surface area contributed by atoms with Crippen molar-refractivity contribution < 1.29 is 16.5 Å². The lowest BCUT2D eigenvalue weighted by atomic mass is 10.1. The molecule has 0 N–H and O–H groups in total. The Morgan fingerprint density at radius 3 is 1.64 bits per heavy atom. The van der Waals surface area contributed by atoms with Crippen LogP contribution in [0.25, 0.3) is 0 Å². The van der Waals surface area contributed by atoms with Gasteiger partial charge in [0.1, 0.15) is 0 Å². The normalized spacial score (nSPS) is 33.4. The van der Waals surface area contributed by atoms with Crippen LogP contribution in [0.3, 0.4) is 0 Å². The van der Waals surface area contributed by atoms with E-state index in [-0.39, 0.29) is 0 Å². The smallest absolute Gasteiger partial charge is 0.316 e. The first-order chi connectivity index (χ1) is 10.4. The van der Waals surface area contributed by atoms with Gasteiger partial charge in [0.05, 0.1) is 0 Å². The van der Waals surface area contributed by atoms with Crippen molar-refractivity contribution in [3.8, 4) is 0 Å². The molecule has 0 spiro atoms. The summed E-state index contributed by atoms with van der Waals surface area (Å²) in [5, 5.41) is 0. The Bertz CT molecular complexity index is 282. The van der Waals surface area contributed by atoms with Crippen LogP contribution < -0.4 is 0 Å². The Labute approximate surface area is 143 Å². The van der Waals surface area contributed by atoms with Gasteiger partial charge >= 0.3 is 8.56 Å². The van der Waals surface area contributed by atoms with E-state index >= 15 is 0 Å². The highest BCUT2D eigenvalue weighted by Gasteiger charge is 2.38. The lowest BCUT2D eigenvalue weighted by Gasteiger charge is -2.37. The third kappa shape index (κ3) is 9.11. The van der Waals surface area contributed by atoms with Gasteiger partial charge in [0, 0.05) is 0 Å². The van der Waals surface area contributed by atoms with Crippen molar-refractivity contribution in [1.82, 2.24) is 0 Å². The number of hydrogen-bond acceptors (Lipinski definition) is 4. The Morgan fingerprint density at radius 1 is 0.682 bits per heavy atom. The fraction of sp³-hybridized carbons (Fsp3) is 1.00. The third-order valence-corrected chi connectivity index (χ3v) is 18.1. The summed E-state index contributed by atoms with van der Waals surface area (Å²) in [5.41, 5.74) is 0. The Balaban J connectivity index is 2.23. The highest BCUT2D eigenvalue weighted by molar-refractivity contribution is 6.81. The molecule has 0 aromatic carbocycles. The van der Waals surface area contributed by atoms with Crippen LogP contribution in [-0.2, 0) is 16.5 Å². The molecule has 1 rings (SSSR count). The molecule has 0 bridgehead atoms. The molecule has 1 fully saturated rings. The molecule has 132 valence electrons. The third-order valence-electron chi connectivity index (χ3n) is 4.08. The maximum Gasteiger partial charge on any atom is 0.316 e. The van der Waals surface area contributed by atoms with Gasteiger partial charge in [-0.3, -0.25) is 0 Å². The lowest BCUT2D eigenvalue weighted by molar-refractivity contribution is 0.273. The van der Waals surface area contributed by atoms with E-state index in [1.165, 1.54) is 51.4 Å². The average molecular weight is 381 g/mol. The maximum absolute atomic E-state index is 6.30. The Morgan fingerprint density at radius 2 is 1.14 bits per heavy atom. The maximum atomic E-state index is 6.30. The Hall–Kier alpha value is 0.708. The largest absolute Gasteiger partial charge is 0.420 e. The molecule has 1 heterocycles. The zero-order valence-electron chi connectivity index (χ0n) is 15.2. The van der Waals surface area contributed by atoms with Crippen LogP contribution in [0.5, 0.6) is 0 Å². The number of unbranched alkanes of at least 4 members (excludes halogenated alkanes) is 7. The van der Waals surface area contributed by atoms with E-state index in [1.807, 2.05) is 0 Å². The van der Waals surface area contributed by atoms with Gasteiger partial charge in [-0.1, -0.05) is 58.3 Å². The van der Waals surface area contributed by atoms with Crippen molar-refractivity contribution in [2.75, 3.05) is 0 Å². The topological polar surface area (TPSA) is 36.9 Å². The van der Waals surface area contributed by atoms with Gasteiger partial charge in [-0.2, -0.15) is 0 Å². The zero-order valence-corrected chi connectivity index (χ0v) is 19.7. The molecule has 0 aromatic rings. The minimum absolute atomic E-state index is 1.10. The van der Waals surface area contributed by atoms with E-state index < -0.39 is 36.4 Å². The van der Waals surface area contributed by atoms with Crippen LogP contribution in [0.4, 0.5) is 0 Å². The molecule has 22 heavy (non-hydrogen) atoms. The molecule has 1 aliphatic heterocycles. The first kappa shape index (κ1) is 20.8. The minimum Gasteiger partial charge on any atom is -0.420 e. The van der Waals surface area contributed by atoms with Crippen molar-refractivity contribution in [1.29, 1.82) is 0 Å². The van der Waals surface area contributed by atoms with Gasteiger partial charge in [0.15, 0.2) is 0 Å². The summed E-state index contributed by atoms with van der Waals surface area (Å²) in [5.74, 6) is 0. The summed E-state index contributed by atoms with van der Waals surface area (Å²) >= 11 is 0. The monoisotopic (exact) mass is 380 g/mol. The standard InChI is InChI=1S/C14H36O4Si4/c1-6-7-8-9-10-11-12-13-14-22(5)17-20(3)15-19(2)16-21(4)18-22/h19-21H,6-14H2,1-5H3. The van der Waals surface area contributed by atoms with Crippen molar-refractivity contribution in [3.63, 3.8) is 0 Å². The van der Waals surface area contributed by atoms with Gasteiger partial charge < -0.3 is 16.5 Å². The summed E-state index contributed by atoms with van der Waals surface area (Å²) in [7, 11) is -6.68. The van der Waals surface area contributed by atoms with Crippen LogP contribution in [-0.4, -0.2) is 36.4 Å². The first-order valence-corrected chi connectivity index (χ1v) is 17.9. The molecule has 0 saturated carbocycles. The second kappa shape index (κ2) is 11.3. The molecule has 2 unspecified atom stereocenters. The zero-order chi connectivity index (χ0) is 16.4. The second-order valence-corrected chi connectivity index (χ2v) is 16.8. The van der Waals surface area contributed by atoms with E-state index in [0.29, 0.717) is 0 Å². The fourth-order valence-corrected chi connectivity index (χ4v) is 17.8. The summed E-state index contributed by atoms with van der Waals surface area (Å²) in [4.78, 5) is 0. The molecule has 0 aliphatic carbocycles. The predicted molar refractivity (Wildman–Crippen MR) is 102 cm³/mol. The van der Waals surface area contributed by atoms with Crippen LogP contribution in [0.2, 0.25) is 32.2 Å². The summed E-state index contributed by atoms with van der Waals surface area (Å²) < 4.78 is 24.5. The average Bonchev–Trinajstić information content (AvgIpc) is 2.39. The molecule has 1 aliphatic rings. The molecule has 2 atom stereocenters. The molecule has 8 heteroatoms. The lowest BCUT2D eigenvalue weighted by Crippen LogP contribution is -2.52. The molecule has 0 aromatic heterocycles. The van der Waals surface area contributed by atoms with Crippen LogP contribution in [0.1, 0.15) is 58.3 Å². The quantitative estimate of drug-likeness (QED) is 0.450. The summed E-state index contributed by atoms with van der Waals surface area (Å²) in [6, 6.07) is 1.10. The van der Waals surface area contributed by atoms with E-state index in [1.54, 1.807) is 0 Å². The molecule has 1 saturated heterocycles. The highest BCUT2D eigenvalue weighted by atomic mass is 28.5. The van der Waals surface area contributed by atoms with Gasteiger partial charge in [-0.25, -0.2) is 0 Å². The van der Waals surface area contributed by atoms with Gasteiger partial charge in [-0.15, -0.1) is 0 Å². The molecule has 4 nitrogen and oxygen atoms in total. The van der Waals surface area contributed by atoms with E-state index in [2.05, 4.69) is 33.1 Å². The van der Waals surface area contributed by atoms with Crippen LogP contribution >= 0.6 is 0 Å². The Kier molecular flexibility index (Phi) is 10.7.